The summed E-state index contributed by atoms with van der Waals surface area (Å²) in [4.78, 5) is 6.87. The Balaban J connectivity index is 2.25. The van der Waals surface area contributed by atoms with E-state index in [1.54, 1.807) is 6.20 Å². The Morgan fingerprint density at radius 1 is 1.59 bits per heavy atom. The number of hydrogen-bond donors (Lipinski definition) is 1. The van der Waals surface area contributed by atoms with E-state index in [2.05, 4.69) is 32.7 Å². The van der Waals surface area contributed by atoms with Crippen molar-refractivity contribution in [3.63, 3.8) is 0 Å². The normalized spacial score (nSPS) is 20.6. The van der Waals surface area contributed by atoms with E-state index in [0.29, 0.717) is 0 Å². The minimum Gasteiger partial charge on any atom is -0.397 e. The molecule has 3 nitrogen and oxygen atoms in total. The predicted molar refractivity (Wildman–Crippen MR) is 76.3 cm³/mol. The van der Waals surface area contributed by atoms with Gasteiger partial charge in [-0.15, -0.1) is 0 Å². The highest BCUT2D eigenvalue weighted by Gasteiger charge is 2.22. The molecule has 94 valence electrons. The van der Waals surface area contributed by atoms with Gasteiger partial charge in [0.1, 0.15) is 5.82 Å². The first kappa shape index (κ1) is 12.7. The molecule has 1 aliphatic heterocycles. The quantitative estimate of drug-likeness (QED) is 0.910. The number of pyridine rings is 1. The molecule has 2 heterocycles. The van der Waals surface area contributed by atoms with Gasteiger partial charge in [0, 0.05) is 13.1 Å². The maximum Gasteiger partial charge on any atom is 0.143 e. The van der Waals surface area contributed by atoms with Crippen molar-refractivity contribution in [3.05, 3.63) is 16.2 Å². The molecule has 1 aromatic rings. The Hall–Kier alpha value is -0.770. The van der Waals surface area contributed by atoms with E-state index in [0.717, 1.165) is 40.5 Å². The van der Waals surface area contributed by atoms with Crippen LogP contribution in [0.1, 0.15) is 31.7 Å². The van der Waals surface area contributed by atoms with Crippen LogP contribution in [0.4, 0.5) is 11.5 Å². The van der Waals surface area contributed by atoms with Gasteiger partial charge in [-0.1, -0.05) is 13.3 Å². The lowest BCUT2D eigenvalue weighted by Crippen LogP contribution is -2.36. The van der Waals surface area contributed by atoms with Crippen LogP contribution in [0.15, 0.2) is 10.7 Å². The maximum absolute atomic E-state index is 5.86. The van der Waals surface area contributed by atoms with Crippen molar-refractivity contribution < 1.29 is 0 Å². The van der Waals surface area contributed by atoms with Crippen molar-refractivity contribution in [3.8, 4) is 0 Å². The Morgan fingerprint density at radius 3 is 3.06 bits per heavy atom. The monoisotopic (exact) mass is 297 g/mol. The first-order valence-electron chi connectivity index (χ1n) is 6.29. The molecule has 0 aromatic carbocycles. The minimum atomic E-state index is 0.754. The number of hydrogen-bond acceptors (Lipinski definition) is 3. The van der Waals surface area contributed by atoms with Crippen LogP contribution in [0, 0.1) is 12.8 Å². The van der Waals surface area contributed by atoms with Crippen LogP contribution < -0.4 is 10.6 Å². The Bertz CT molecular complexity index is 406. The van der Waals surface area contributed by atoms with Crippen LogP contribution in [0.3, 0.4) is 0 Å². The fourth-order valence-electron chi connectivity index (χ4n) is 2.39. The molecule has 1 atom stereocenters. The van der Waals surface area contributed by atoms with Gasteiger partial charge in [-0.25, -0.2) is 4.98 Å². The van der Waals surface area contributed by atoms with E-state index >= 15 is 0 Å². The Kier molecular flexibility index (Phi) is 3.92. The standard InChI is InChI=1S/C13H20BrN3/c1-3-10-5-4-6-17(8-10)13-12(14)9(2)11(15)7-16-13/h7,10H,3-6,8,15H2,1-2H3. The van der Waals surface area contributed by atoms with Gasteiger partial charge in [0.15, 0.2) is 0 Å². The summed E-state index contributed by atoms with van der Waals surface area (Å²) in [5, 5.41) is 0. The molecule has 4 heteroatoms. The molecular weight excluding hydrogens is 278 g/mol. The number of aromatic nitrogens is 1. The summed E-state index contributed by atoms with van der Waals surface area (Å²) in [7, 11) is 0. The van der Waals surface area contributed by atoms with E-state index in [-0.39, 0.29) is 0 Å². The topological polar surface area (TPSA) is 42.2 Å². The second-order valence-electron chi connectivity index (χ2n) is 4.84. The van der Waals surface area contributed by atoms with Crippen LogP contribution >= 0.6 is 15.9 Å². The highest BCUT2D eigenvalue weighted by Crippen LogP contribution is 2.33. The number of rotatable bonds is 2. The summed E-state index contributed by atoms with van der Waals surface area (Å²) in [6.45, 7) is 6.52. The molecule has 1 aromatic heterocycles. The fraction of sp³-hybridized carbons (Fsp3) is 0.615. The van der Waals surface area contributed by atoms with Gasteiger partial charge in [-0.2, -0.15) is 0 Å². The van der Waals surface area contributed by atoms with E-state index in [4.69, 9.17) is 5.73 Å². The highest BCUT2D eigenvalue weighted by atomic mass is 79.9. The maximum atomic E-state index is 5.86. The van der Waals surface area contributed by atoms with Crippen molar-refractivity contribution in [1.82, 2.24) is 4.98 Å². The molecule has 0 saturated carbocycles. The van der Waals surface area contributed by atoms with Gasteiger partial charge >= 0.3 is 0 Å². The van der Waals surface area contributed by atoms with Gasteiger partial charge in [-0.3, -0.25) is 0 Å². The molecular formula is C13H20BrN3. The zero-order chi connectivity index (χ0) is 12.4. The number of anilines is 2. The van der Waals surface area contributed by atoms with Crippen LogP contribution in [-0.4, -0.2) is 18.1 Å². The van der Waals surface area contributed by atoms with Gasteiger partial charge in [-0.05, 0) is 47.2 Å². The molecule has 17 heavy (non-hydrogen) atoms. The van der Waals surface area contributed by atoms with E-state index in [1.165, 1.54) is 19.3 Å². The average molecular weight is 298 g/mol. The molecule has 0 radical (unpaired) electrons. The van der Waals surface area contributed by atoms with E-state index in [1.807, 2.05) is 6.92 Å². The molecule has 2 N–H and O–H groups in total. The zero-order valence-electron chi connectivity index (χ0n) is 10.5. The van der Waals surface area contributed by atoms with Crippen LogP contribution in [0.25, 0.3) is 0 Å². The van der Waals surface area contributed by atoms with Crippen molar-refractivity contribution in [2.45, 2.75) is 33.1 Å². The lowest BCUT2D eigenvalue weighted by molar-refractivity contribution is 0.402. The van der Waals surface area contributed by atoms with Crippen LogP contribution in [0.2, 0.25) is 0 Å². The molecule has 1 saturated heterocycles. The van der Waals surface area contributed by atoms with Crippen molar-refractivity contribution in [2.75, 3.05) is 23.7 Å². The smallest absolute Gasteiger partial charge is 0.143 e. The number of nitrogen functional groups attached to an aromatic ring is 1. The van der Waals surface area contributed by atoms with Crippen molar-refractivity contribution in [1.29, 1.82) is 0 Å². The van der Waals surface area contributed by atoms with E-state index in [9.17, 15) is 0 Å². The zero-order valence-corrected chi connectivity index (χ0v) is 12.1. The minimum absolute atomic E-state index is 0.754. The lowest BCUT2D eigenvalue weighted by Gasteiger charge is -2.34. The van der Waals surface area contributed by atoms with Gasteiger partial charge in [0.25, 0.3) is 0 Å². The van der Waals surface area contributed by atoms with Crippen molar-refractivity contribution in [2.24, 2.45) is 5.92 Å². The largest absolute Gasteiger partial charge is 0.397 e. The highest BCUT2D eigenvalue weighted by molar-refractivity contribution is 9.10. The third-order valence-corrected chi connectivity index (χ3v) is 4.63. The number of halogens is 1. The van der Waals surface area contributed by atoms with Gasteiger partial charge in [0.2, 0.25) is 0 Å². The second kappa shape index (κ2) is 5.25. The van der Waals surface area contributed by atoms with E-state index < -0.39 is 0 Å². The molecule has 0 amide bonds. The van der Waals surface area contributed by atoms with Crippen LogP contribution in [0.5, 0.6) is 0 Å². The Morgan fingerprint density at radius 2 is 2.35 bits per heavy atom. The summed E-state index contributed by atoms with van der Waals surface area (Å²) in [6, 6.07) is 0. The van der Waals surface area contributed by atoms with Gasteiger partial charge < -0.3 is 10.6 Å². The molecule has 0 aliphatic carbocycles. The predicted octanol–water partition coefficient (Wildman–Crippen LogP) is 3.36. The van der Waals surface area contributed by atoms with Gasteiger partial charge in [0.05, 0.1) is 16.4 Å². The first-order chi connectivity index (χ1) is 8.13. The van der Waals surface area contributed by atoms with Crippen LogP contribution in [-0.2, 0) is 0 Å². The number of nitrogens with two attached hydrogens (primary N) is 1. The Labute approximate surface area is 112 Å². The molecule has 1 unspecified atom stereocenters. The van der Waals surface area contributed by atoms with Crippen molar-refractivity contribution >= 4 is 27.4 Å². The summed E-state index contributed by atoms with van der Waals surface area (Å²) >= 11 is 3.62. The number of nitrogens with zero attached hydrogens (tertiary/aromatic N) is 2. The lowest BCUT2D eigenvalue weighted by atomic mass is 9.95. The summed E-state index contributed by atoms with van der Waals surface area (Å²) in [5.74, 6) is 1.85. The SMILES string of the molecule is CCC1CCCN(c2ncc(N)c(C)c2Br)C1. The third-order valence-electron chi connectivity index (χ3n) is 3.68. The molecule has 1 aliphatic rings. The molecule has 0 spiro atoms. The third kappa shape index (κ3) is 2.57. The molecule has 1 fully saturated rings. The summed E-state index contributed by atoms with van der Waals surface area (Å²) in [6.07, 6.45) is 5.63. The molecule has 2 rings (SSSR count). The first-order valence-corrected chi connectivity index (χ1v) is 7.08. The molecule has 0 bridgehead atoms. The fourth-order valence-corrected chi connectivity index (χ4v) is 2.97. The average Bonchev–Trinajstić information content (AvgIpc) is 2.36. The summed E-state index contributed by atoms with van der Waals surface area (Å²) < 4.78 is 1.05. The summed E-state index contributed by atoms with van der Waals surface area (Å²) in [5.41, 5.74) is 7.71. The number of piperidine rings is 1. The second-order valence-corrected chi connectivity index (χ2v) is 5.63.